The molecule has 1 saturated heterocycles. The Morgan fingerprint density at radius 1 is 1.50 bits per heavy atom. The summed E-state index contributed by atoms with van der Waals surface area (Å²) in [7, 11) is 0. The Balaban J connectivity index is 0.000000561. The Morgan fingerprint density at radius 3 is 2.42 bits per heavy atom. The van der Waals surface area contributed by atoms with E-state index in [9.17, 15) is 0 Å². The number of hydrogen-bond donors (Lipinski definition) is 0. The van der Waals surface area contributed by atoms with E-state index in [1.165, 1.54) is 12.1 Å². The van der Waals surface area contributed by atoms with E-state index < -0.39 is 0 Å². The van der Waals surface area contributed by atoms with Crippen molar-refractivity contribution < 1.29 is 0 Å². The molecule has 1 aliphatic rings. The molecule has 1 fully saturated rings. The molecule has 1 nitrogen and oxygen atoms in total. The van der Waals surface area contributed by atoms with Crippen LogP contribution in [-0.2, 0) is 0 Å². The van der Waals surface area contributed by atoms with Crippen LogP contribution in [0.2, 0.25) is 0 Å². The lowest BCUT2D eigenvalue weighted by Gasteiger charge is -2.18. The highest BCUT2D eigenvalue weighted by molar-refractivity contribution is 5.19. The van der Waals surface area contributed by atoms with Crippen LogP contribution in [0.25, 0.3) is 0 Å². The van der Waals surface area contributed by atoms with Crippen LogP contribution in [0.1, 0.15) is 26.7 Å². The highest BCUT2D eigenvalue weighted by atomic mass is 15.2. The maximum Gasteiger partial charge on any atom is 0.0329 e. The van der Waals surface area contributed by atoms with Crippen LogP contribution in [0.4, 0.5) is 0 Å². The van der Waals surface area contributed by atoms with Crippen LogP contribution in [0.3, 0.4) is 0 Å². The topological polar surface area (TPSA) is 3.24 Å². The van der Waals surface area contributed by atoms with Gasteiger partial charge in [0.2, 0.25) is 0 Å². The van der Waals surface area contributed by atoms with Crippen molar-refractivity contribution in [1.29, 1.82) is 0 Å². The van der Waals surface area contributed by atoms with E-state index in [2.05, 4.69) is 24.6 Å². The second-order valence-corrected chi connectivity index (χ2v) is 2.52. The third kappa shape index (κ3) is 2.57. The fraction of sp³-hybridized carbons (Fsp3) is 0.455. The summed E-state index contributed by atoms with van der Waals surface area (Å²) in [4.78, 5) is 2.12. The first kappa shape index (κ1) is 11.0. The Hall–Kier alpha value is -0.980. The Morgan fingerprint density at radius 2 is 2.08 bits per heavy atom. The average molecular weight is 165 g/mol. The van der Waals surface area contributed by atoms with Gasteiger partial charge in [0.15, 0.2) is 0 Å². The van der Waals surface area contributed by atoms with Crippen molar-refractivity contribution in [3.8, 4) is 0 Å². The maximum atomic E-state index is 3.92. The standard InChI is InChI=1S/C9H13N.C2H6/c1-4-8(2)10-7-5-6-9(10)3;1-2/h4H,1-3,5-7H2;1-2H3. The molecule has 0 aromatic carbocycles. The highest BCUT2D eigenvalue weighted by Crippen LogP contribution is 2.22. The van der Waals surface area contributed by atoms with E-state index in [-0.39, 0.29) is 0 Å². The smallest absolute Gasteiger partial charge is 0.0329 e. The molecule has 0 saturated carbocycles. The molecule has 0 atom stereocenters. The zero-order valence-corrected chi connectivity index (χ0v) is 8.27. The zero-order chi connectivity index (χ0) is 9.56. The largest absolute Gasteiger partial charge is 0.346 e. The molecule has 0 aromatic heterocycles. The minimum Gasteiger partial charge on any atom is -0.346 e. The van der Waals surface area contributed by atoms with E-state index in [0.717, 1.165) is 18.7 Å². The van der Waals surface area contributed by atoms with E-state index in [4.69, 9.17) is 0 Å². The van der Waals surface area contributed by atoms with Gasteiger partial charge in [-0.05, 0) is 18.9 Å². The Kier molecular flexibility index (Phi) is 5.18. The number of nitrogens with zero attached hydrogens (tertiary/aromatic N) is 1. The summed E-state index contributed by atoms with van der Waals surface area (Å²) in [5, 5.41) is 0. The van der Waals surface area contributed by atoms with Crippen molar-refractivity contribution in [2.24, 2.45) is 0 Å². The second kappa shape index (κ2) is 5.64. The van der Waals surface area contributed by atoms with Crippen molar-refractivity contribution in [3.05, 3.63) is 37.2 Å². The van der Waals surface area contributed by atoms with Gasteiger partial charge in [0, 0.05) is 17.9 Å². The molecular weight excluding hydrogens is 146 g/mol. The number of likely N-dealkylation sites (tertiary alicyclic amines) is 1. The van der Waals surface area contributed by atoms with Gasteiger partial charge in [-0.2, -0.15) is 0 Å². The quantitative estimate of drug-likeness (QED) is 0.567. The first-order chi connectivity index (χ1) is 5.75. The zero-order valence-electron chi connectivity index (χ0n) is 8.27. The van der Waals surface area contributed by atoms with Gasteiger partial charge in [0.25, 0.3) is 0 Å². The normalized spacial score (nSPS) is 15.2. The summed E-state index contributed by atoms with van der Waals surface area (Å²) in [6, 6.07) is 0. The lowest BCUT2D eigenvalue weighted by Crippen LogP contribution is -2.13. The summed E-state index contributed by atoms with van der Waals surface area (Å²) in [5.41, 5.74) is 2.15. The van der Waals surface area contributed by atoms with Crippen LogP contribution < -0.4 is 0 Å². The van der Waals surface area contributed by atoms with E-state index in [0.29, 0.717) is 0 Å². The molecule has 0 amide bonds. The van der Waals surface area contributed by atoms with Gasteiger partial charge in [-0.25, -0.2) is 0 Å². The SMILES string of the molecule is C=CC(=C)N1CCCC1=C.CC. The molecule has 0 spiro atoms. The monoisotopic (exact) mass is 165 g/mol. The predicted molar refractivity (Wildman–Crippen MR) is 55.8 cm³/mol. The molecular formula is C11H19N. The fourth-order valence-electron chi connectivity index (χ4n) is 1.19. The summed E-state index contributed by atoms with van der Waals surface area (Å²) in [6.07, 6.45) is 4.08. The molecule has 1 heteroatoms. The molecule has 0 radical (unpaired) electrons. The lowest BCUT2D eigenvalue weighted by atomic mass is 10.3. The van der Waals surface area contributed by atoms with Crippen molar-refractivity contribution >= 4 is 0 Å². The third-order valence-corrected chi connectivity index (χ3v) is 1.81. The summed E-state index contributed by atoms with van der Waals surface area (Å²) in [6.45, 7) is 16.5. The first-order valence-electron chi connectivity index (χ1n) is 4.52. The van der Waals surface area contributed by atoms with Gasteiger partial charge in [-0.1, -0.05) is 33.6 Å². The molecule has 1 rings (SSSR count). The van der Waals surface area contributed by atoms with Crippen LogP contribution in [0, 0.1) is 0 Å². The molecule has 0 bridgehead atoms. The van der Waals surface area contributed by atoms with Crippen molar-refractivity contribution in [1.82, 2.24) is 4.90 Å². The Labute approximate surface area is 76.1 Å². The number of hydrogen-bond acceptors (Lipinski definition) is 1. The first-order valence-corrected chi connectivity index (χ1v) is 4.52. The summed E-state index contributed by atoms with van der Waals surface area (Å²) < 4.78 is 0. The van der Waals surface area contributed by atoms with Crippen molar-refractivity contribution in [2.45, 2.75) is 26.7 Å². The van der Waals surface area contributed by atoms with Gasteiger partial charge in [0.1, 0.15) is 0 Å². The molecule has 68 valence electrons. The predicted octanol–water partition coefficient (Wildman–Crippen LogP) is 3.32. The molecule has 12 heavy (non-hydrogen) atoms. The van der Waals surface area contributed by atoms with Crippen LogP contribution >= 0.6 is 0 Å². The third-order valence-electron chi connectivity index (χ3n) is 1.81. The highest BCUT2D eigenvalue weighted by Gasteiger charge is 2.14. The lowest BCUT2D eigenvalue weighted by molar-refractivity contribution is 0.508. The van der Waals surface area contributed by atoms with Gasteiger partial charge in [0.05, 0.1) is 0 Å². The summed E-state index contributed by atoms with van der Waals surface area (Å²) >= 11 is 0. The van der Waals surface area contributed by atoms with E-state index >= 15 is 0 Å². The molecule has 1 aliphatic heterocycles. The van der Waals surface area contributed by atoms with E-state index in [1.54, 1.807) is 6.08 Å². The number of rotatable bonds is 2. The van der Waals surface area contributed by atoms with Crippen LogP contribution in [-0.4, -0.2) is 11.4 Å². The molecule has 1 heterocycles. The second-order valence-electron chi connectivity index (χ2n) is 2.52. The van der Waals surface area contributed by atoms with Gasteiger partial charge < -0.3 is 4.90 Å². The van der Waals surface area contributed by atoms with E-state index in [1.807, 2.05) is 13.8 Å². The minimum absolute atomic E-state index is 0.975. The van der Waals surface area contributed by atoms with Gasteiger partial charge in [-0.3, -0.25) is 0 Å². The molecule has 0 aliphatic carbocycles. The van der Waals surface area contributed by atoms with Gasteiger partial charge in [-0.15, -0.1) is 0 Å². The average Bonchev–Trinajstić information content (AvgIpc) is 2.54. The van der Waals surface area contributed by atoms with Gasteiger partial charge >= 0.3 is 0 Å². The van der Waals surface area contributed by atoms with Crippen molar-refractivity contribution in [3.63, 3.8) is 0 Å². The number of allylic oxidation sites excluding steroid dienone is 2. The van der Waals surface area contributed by atoms with Crippen LogP contribution in [0.15, 0.2) is 37.2 Å². The minimum atomic E-state index is 0.975. The summed E-state index contributed by atoms with van der Waals surface area (Å²) in [5.74, 6) is 0. The molecule has 0 aromatic rings. The molecule has 0 unspecified atom stereocenters. The fourth-order valence-corrected chi connectivity index (χ4v) is 1.19. The Bertz CT molecular complexity index is 179. The maximum absolute atomic E-state index is 3.92. The molecule has 0 N–H and O–H groups in total. The van der Waals surface area contributed by atoms with Crippen LogP contribution in [0.5, 0.6) is 0 Å². The van der Waals surface area contributed by atoms with Crippen molar-refractivity contribution in [2.75, 3.05) is 6.54 Å².